The van der Waals surface area contributed by atoms with Crippen LogP contribution < -0.4 is 0 Å². The minimum absolute atomic E-state index is 0.136. The summed E-state index contributed by atoms with van der Waals surface area (Å²) >= 11 is 0. The van der Waals surface area contributed by atoms with Gasteiger partial charge in [-0.15, -0.1) is 0 Å². The molecule has 0 bridgehead atoms. The fourth-order valence-electron chi connectivity index (χ4n) is 1.74. The standard InChI is InChI=1S/C13H8F5NO/c14-8-4-7(5-19-6-8)12(20)9-2-1-3-10(11(9)15)13(16,17)18/h1-6,12,20H. The topological polar surface area (TPSA) is 33.1 Å². The van der Waals surface area contributed by atoms with Gasteiger partial charge in [0, 0.05) is 17.3 Å². The van der Waals surface area contributed by atoms with Crippen molar-refractivity contribution in [1.82, 2.24) is 4.98 Å². The maximum atomic E-state index is 13.8. The first-order valence-corrected chi connectivity index (χ1v) is 5.45. The Morgan fingerprint density at radius 2 is 1.80 bits per heavy atom. The number of nitrogens with zero attached hydrogens (tertiary/aromatic N) is 1. The molecule has 0 radical (unpaired) electrons. The summed E-state index contributed by atoms with van der Waals surface area (Å²) in [7, 11) is 0. The smallest absolute Gasteiger partial charge is 0.383 e. The summed E-state index contributed by atoms with van der Waals surface area (Å²) in [6, 6.07) is 3.41. The van der Waals surface area contributed by atoms with Crippen molar-refractivity contribution in [2.45, 2.75) is 12.3 Å². The quantitative estimate of drug-likeness (QED) is 0.859. The second-order valence-corrected chi connectivity index (χ2v) is 4.05. The van der Waals surface area contributed by atoms with Gasteiger partial charge in [0.2, 0.25) is 0 Å². The van der Waals surface area contributed by atoms with Crippen LogP contribution in [-0.2, 0) is 6.18 Å². The molecule has 106 valence electrons. The highest BCUT2D eigenvalue weighted by Gasteiger charge is 2.35. The van der Waals surface area contributed by atoms with Gasteiger partial charge in [-0.1, -0.05) is 12.1 Å². The summed E-state index contributed by atoms with van der Waals surface area (Å²) in [6.07, 6.45) is -4.70. The number of aliphatic hydroxyl groups excluding tert-OH is 1. The molecule has 1 aromatic heterocycles. The maximum absolute atomic E-state index is 13.8. The molecule has 0 fully saturated rings. The fourth-order valence-corrected chi connectivity index (χ4v) is 1.74. The lowest BCUT2D eigenvalue weighted by Crippen LogP contribution is -2.12. The summed E-state index contributed by atoms with van der Waals surface area (Å²) in [6.45, 7) is 0. The third-order valence-electron chi connectivity index (χ3n) is 2.67. The highest BCUT2D eigenvalue weighted by molar-refractivity contribution is 5.34. The van der Waals surface area contributed by atoms with E-state index in [1.165, 1.54) is 0 Å². The second kappa shape index (κ2) is 5.16. The van der Waals surface area contributed by atoms with Crippen molar-refractivity contribution in [2.75, 3.05) is 0 Å². The molecule has 20 heavy (non-hydrogen) atoms. The molecule has 2 nitrogen and oxygen atoms in total. The third kappa shape index (κ3) is 2.77. The molecule has 2 rings (SSSR count). The van der Waals surface area contributed by atoms with E-state index in [2.05, 4.69) is 4.98 Å². The maximum Gasteiger partial charge on any atom is 0.419 e. The molecule has 0 amide bonds. The third-order valence-corrected chi connectivity index (χ3v) is 2.67. The van der Waals surface area contributed by atoms with E-state index in [-0.39, 0.29) is 5.56 Å². The first kappa shape index (κ1) is 14.4. The summed E-state index contributed by atoms with van der Waals surface area (Å²) in [5.41, 5.74) is -2.21. The summed E-state index contributed by atoms with van der Waals surface area (Å²) in [5.74, 6) is -2.37. The first-order chi connectivity index (χ1) is 9.30. The number of aliphatic hydroxyl groups is 1. The largest absolute Gasteiger partial charge is 0.419 e. The zero-order valence-electron chi connectivity index (χ0n) is 9.83. The molecule has 1 N–H and O–H groups in total. The number of halogens is 5. The first-order valence-electron chi connectivity index (χ1n) is 5.45. The van der Waals surface area contributed by atoms with E-state index in [1.54, 1.807) is 0 Å². The number of hydrogen-bond donors (Lipinski definition) is 1. The van der Waals surface area contributed by atoms with E-state index < -0.39 is 35.0 Å². The molecule has 0 saturated heterocycles. The molecule has 0 saturated carbocycles. The van der Waals surface area contributed by atoms with E-state index in [9.17, 15) is 27.1 Å². The average molecular weight is 289 g/mol. The van der Waals surface area contributed by atoms with Gasteiger partial charge in [-0.3, -0.25) is 4.98 Å². The van der Waals surface area contributed by atoms with E-state index in [0.29, 0.717) is 6.07 Å². The van der Waals surface area contributed by atoms with E-state index in [4.69, 9.17) is 0 Å². The molecule has 1 unspecified atom stereocenters. The van der Waals surface area contributed by atoms with Crippen LogP contribution >= 0.6 is 0 Å². The SMILES string of the molecule is OC(c1cncc(F)c1)c1cccc(C(F)(F)F)c1F. The van der Waals surface area contributed by atoms with Crippen LogP contribution in [0.4, 0.5) is 22.0 Å². The number of rotatable bonds is 2. The van der Waals surface area contributed by atoms with Crippen LogP contribution in [0.2, 0.25) is 0 Å². The molecule has 7 heteroatoms. The van der Waals surface area contributed by atoms with Gasteiger partial charge in [0.1, 0.15) is 17.7 Å². The predicted molar refractivity (Wildman–Crippen MR) is 59.7 cm³/mol. The fraction of sp³-hybridized carbons (Fsp3) is 0.154. The lowest BCUT2D eigenvalue weighted by atomic mass is 10.00. The molecule has 0 aliphatic carbocycles. The van der Waals surface area contributed by atoms with Crippen LogP contribution in [0.5, 0.6) is 0 Å². The summed E-state index contributed by atoms with van der Waals surface area (Å²) < 4.78 is 64.5. The molecule has 1 aromatic carbocycles. The van der Waals surface area contributed by atoms with Crippen LogP contribution in [0.25, 0.3) is 0 Å². The van der Waals surface area contributed by atoms with Gasteiger partial charge in [0.25, 0.3) is 0 Å². The van der Waals surface area contributed by atoms with Gasteiger partial charge in [-0.05, 0) is 12.1 Å². The molecular formula is C13H8F5NO. The Labute approximate surface area is 110 Å². The number of aromatic nitrogens is 1. The Bertz CT molecular complexity index is 626. The minimum Gasteiger partial charge on any atom is -0.383 e. The monoisotopic (exact) mass is 289 g/mol. The summed E-state index contributed by atoms with van der Waals surface area (Å²) in [4.78, 5) is 3.45. The number of benzene rings is 1. The van der Waals surface area contributed by atoms with Crippen LogP contribution in [-0.4, -0.2) is 10.1 Å². The Morgan fingerprint density at radius 1 is 1.10 bits per heavy atom. The predicted octanol–water partition coefficient (Wildman–Crippen LogP) is 3.46. The molecule has 0 aliphatic rings. The van der Waals surface area contributed by atoms with Crippen molar-refractivity contribution in [2.24, 2.45) is 0 Å². The lowest BCUT2D eigenvalue weighted by molar-refractivity contribution is -0.140. The molecule has 0 aliphatic heterocycles. The van der Waals surface area contributed by atoms with Gasteiger partial charge in [0.05, 0.1) is 11.8 Å². The van der Waals surface area contributed by atoms with E-state index in [1.807, 2.05) is 0 Å². The van der Waals surface area contributed by atoms with Crippen LogP contribution in [0.1, 0.15) is 22.8 Å². The average Bonchev–Trinajstić information content (AvgIpc) is 2.37. The van der Waals surface area contributed by atoms with Crippen molar-refractivity contribution in [1.29, 1.82) is 0 Å². The molecule has 1 heterocycles. The Kier molecular flexibility index (Phi) is 3.71. The zero-order valence-corrected chi connectivity index (χ0v) is 9.83. The summed E-state index contributed by atoms with van der Waals surface area (Å²) in [5, 5.41) is 9.87. The van der Waals surface area contributed by atoms with Crippen LogP contribution in [0.3, 0.4) is 0 Å². The van der Waals surface area contributed by atoms with E-state index in [0.717, 1.165) is 30.6 Å². The van der Waals surface area contributed by atoms with E-state index >= 15 is 0 Å². The highest BCUT2D eigenvalue weighted by atomic mass is 19.4. The number of alkyl halides is 3. The van der Waals surface area contributed by atoms with Crippen molar-refractivity contribution in [3.8, 4) is 0 Å². The second-order valence-electron chi connectivity index (χ2n) is 4.05. The van der Waals surface area contributed by atoms with Gasteiger partial charge >= 0.3 is 6.18 Å². The van der Waals surface area contributed by atoms with Gasteiger partial charge in [0.15, 0.2) is 0 Å². The van der Waals surface area contributed by atoms with Crippen molar-refractivity contribution < 1.29 is 27.1 Å². The lowest BCUT2D eigenvalue weighted by Gasteiger charge is -2.15. The zero-order chi connectivity index (χ0) is 14.9. The van der Waals surface area contributed by atoms with Crippen molar-refractivity contribution in [3.63, 3.8) is 0 Å². The van der Waals surface area contributed by atoms with Crippen molar-refractivity contribution in [3.05, 3.63) is 65.0 Å². The number of hydrogen-bond acceptors (Lipinski definition) is 2. The number of pyridine rings is 1. The van der Waals surface area contributed by atoms with Gasteiger partial charge in [-0.25, -0.2) is 8.78 Å². The van der Waals surface area contributed by atoms with Gasteiger partial charge < -0.3 is 5.11 Å². The normalized spacial score (nSPS) is 13.3. The Hall–Kier alpha value is -2.02. The highest BCUT2D eigenvalue weighted by Crippen LogP contribution is 2.35. The Balaban J connectivity index is 2.48. The van der Waals surface area contributed by atoms with Crippen LogP contribution in [0, 0.1) is 11.6 Å². The molecule has 2 aromatic rings. The molecule has 0 spiro atoms. The Morgan fingerprint density at radius 3 is 2.40 bits per heavy atom. The minimum atomic E-state index is -4.87. The van der Waals surface area contributed by atoms with Crippen LogP contribution in [0.15, 0.2) is 36.7 Å². The molecule has 1 atom stereocenters. The molecular weight excluding hydrogens is 281 g/mol. The van der Waals surface area contributed by atoms with Crippen molar-refractivity contribution >= 4 is 0 Å². The van der Waals surface area contributed by atoms with Gasteiger partial charge in [-0.2, -0.15) is 13.2 Å².